The molecule has 0 radical (unpaired) electrons. The van der Waals surface area contributed by atoms with E-state index in [2.05, 4.69) is 5.32 Å². The number of nitrogens with zero attached hydrogens (tertiary/aromatic N) is 2. The number of anilines is 1. The molecule has 1 aliphatic rings. The van der Waals surface area contributed by atoms with Crippen LogP contribution in [0.5, 0.6) is 0 Å². The number of piperidine rings is 1. The number of likely N-dealkylation sites (N-methyl/N-ethyl adjacent to an activating group) is 1. The smallest absolute Gasteiger partial charge is 0.244 e. The maximum absolute atomic E-state index is 12.3. The lowest BCUT2D eigenvalue weighted by Gasteiger charge is -2.32. The van der Waals surface area contributed by atoms with E-state index < -0.39 is 0 Å². The Morgan fingerprint density at radius 3 is 2.88 bits per heavy atom. The second kappa shape index (κ2) is 9.01. The highest BCUT2D eigenvalue weighted by Gasteiger charge is 2.23. The van der Waals surface area contributed by atoms with Gasteiger partial charge in [-0.05, 0) is 37.4 Å². The van der Waals surface area contributed by atoms with Gasteiger partial charge in [0.05, 0.1) is 23.8 Å². The van der Waals surface area contributed by atoms with Crippen LogP contribution in [0.25, 0.3) is 0 Å². The maximum atomic E-state index is 12.3. The molecule has 1 aliphatic heterocycles. The fourth-order valence-corrected chi connectivity index (χ4v) is 2.99. The third-order valence-corrected chi connectivity index (χ3v) is 4.50. The van der Waals surface area contributed by atoms with Crippen LogP contribution in [0.1, 0.15) is 12.8 Å². The van der Waals surface area contributed by atoms with E-state index in [4.69, 9.17) is 11.6 Å². The average Bonchev–Trinajstić information content (AvgIpc) is 2.57. The van der Waals surface area contributed by atoms with Gasteiger partial charge in [0.1, 0.15) is 0 Å². The third kappa shape index (κ3) is 5.47. The van der Waals surface area contributed by atoms with E-state index >= 15 is 0 Å². The molecule has 0 bridgehead atoms. The van der Waals surface area contributed by atoms with Crippen molar-refractivity contribution in [3.63, 3.8) is 0 Å². The van der Waals surface area contributed by atoms with E-state index in [1.54, 1.807) is 31.3 Å². The zero-order valence-electron chi connectivity index (χ0n) is 13.9. The number of aliphatic hydroxyl groups excluding tert-OH is 1. The Labute approximate surface area is 147 Å². The second-order valence-corrected chi connectivity index (χ2v) is 6.61. The summed E-state index contributed by atoms with van der Waals surface area (Å²) in [5, 5.41) is 12.4. The minimum absolute atomic E-state index is 0.0265. The van der Waals surface area contributed by atoms with E-state index in [-0.39, 0.29) is 37.4 Å². The van der Waals surface area contributed by atoms with Gasteiger partial charge in [0.15, 0.2) is 0 Å². The molecule has 0 unspecified atom stereocenters. The summed E-state index contributed by atoms with van der Waals surface area (Å²) in [5.41, 5.74) is 0.534. The van der Waals surface area contributed by atoms with Crippen molar-refractivity contribution in [2.75, 3.05) is 45.2 Å². The summed E-state index contributed by atoms with van der Waals surface area (Å²) in [4.78, 5) is 27.8. The summed E-state index contributed by atoms with van der Waals surface area (Å²) in [6.45, 7) is 1.97. The first-order valence-electron chi connectivity index (χ1n) is 8.11. The van der Waals surface area contributed by atoms with Gasteiger partial charge in [-0.25, -0.2) is 0 Å². The molecule has 24 heavy (non-hydrogen) atoms. The topological polar surface area (TPSA) is 72.9 Å². The van der Waals surface area contributed by atoms with Gasteiger partial charge in [-0.1, -0.05) is 23.7 Å². The number of halogens is 1. The van der Waals surface area contributed by atoms with Gasteiger partial charge in [0.2, 0.25) is 11.8 Å². The number of carbonyl (C=O) groups is 2. The highest BCUT2D eigenvalue weighted by Crippen LogP contribution is 2.20. The van der Waals surface area contributed by atoms with Crippen molar-refractivity contribution in [3.8, 4) is 0 Å². The molecule has 0 spiro atoms. The summed E-state index contributed by atoms with van der Waals surface area (Å²) in [5.74, 6) is -0.158. The highest BCUT2D eigenvalue weighted by molar-refractivity contribution is 6.33. The summed E-state index contributed by atoms with van der Waals surface area (Å²) < 4.78 is 0. The van der Waals surface area contributed by atoms with Crippen LogP contribution in [0.3, 0.4) is 0 Å². The van der Waals surface area contributed by atoms with Crippen LogP contribution in [0.2, 0.25) is 5.02 Å². The Bertz CT molecular complexity index is 582. The Morgan fingerprint density at radius 2 is 2.17 bits per heavy atom. The van der Waals surface area contributed by atoms with Crippen molar-refractivity contribution in [2.24, 2.45) is 5.92 Å². The molecule has 1 aromatic carbocycles. The van der Waals surface area contributed by atoms with Crippen LogP contribution in [-0.2, 0) is 9.59 Å². The number of carbonyl (C=O) groups excluding carboxylic acids is 2. The Hall–Kier alpha value is -1.63. The van der Waals surface area contributed by atoms with Crippen molar-refractivity contribution in [2.45, 2.75) is 12.8 Å². The molecule has 7 heteroatoms. The summed E-state index contributed by atoms with van der Waals surface area (Å²) >= 11 is 6.00. The van der Waals surface area contributed by atoms with Gasteiger partial charge in [-0.15, -0.1) is 0 Å². The van der Waals surface area contributed by atoms with Crippen LogP contribution < -0.4 is 5.32 Å². The van der Waals surface area contributed by atoms with Crippen LogP contribution in [-0.4, -0.2) is 66.6 Å². The van der Waals surface area contributed by atoms with Crippen molar-refractivity contribution in [1.82, 2.24) is 9.80 Å². The molecule has 1 heterocycles. The lowest BCUT2D eigenvalue weighted by Crippen LogP contribution is -2.45. The van der Waals surface area contributed by atoms with Gasteiger partial charge in [0.25, 0.3) is 0 Å². The molecule has 1 saturated heterocycles. The fraction of sp³-hybridized carbons (Fsp3) is 0.529. The molecule has 0 aromatic heterocycles. The SMILES string of the molecule is CN(CC(=O)Nc1ccccc1Cl)C(=O)CN1CCC[C@H](CO)C1. The number of hydrogen-bond acceptors (Lipinski definition) is 4. The van der Waals surface area contributed by atoms with Gasteiger partial charge >= 0.3 is 0 Å². The first-order chi connectivity index (χ1) is 11.5. The number of aliphatic hydroxyl groups is 1. The van der Waals surface area contributed by atoms with Gasteiger partial charge in [0, 0.05) is 20.2 Å². The predicted octanol–water partition coefficient (Wildman–Crippen LogP) is 1.44. The van der Waals surface area contributed by atoms with E-state index in [0.717, 1.165) is 25.9 Å². The molecule has 1 aromatic rings. The van der Waals surface area contributed by atoms with Crippen molar-refractivity contribution in [1.29, 1.82) is 0 Å². The largest absolute Gasteiger partial charge is 0.396 e. The number of likely N-dealkylation sites (tertiary alicyclic amines) is 1. The lowest BCUT2D eigenvalue weighted by atomic mass is 9.99. The molecule has 132 valence electrons. The predicted molar refractivity (Wildman–Crippen MR) is 94.0 cm³/mol. The van der Waals surface area contributed by atoms with Gasteiger partial charge in [-0.2, -0.15) is 0 Å². The molecular weight excluding hydrogens is 330 g/mol. The van der Waals surface area contributed by atoms with Crippen molar-refractivity contribution >= 4 is 29.1 Å². The zero-order chi connectivity index (χ0) is 17.5. The number of nitrogens with one attached hydrogen (secondary N) is 1. The van der Waals surface area contributed by atoms with E-state index in [0.29, 0.717) is 10.7 Å². The van der Waals surface area contributed by atoms with Crippen LogP contribution in [0.4, 0.5) is 5.69 Å². The quantitative estimate of drug-likeness (QED) is 0.811. The van der Waals surface area contributed by atoms with Crippen LogP contribution in [0.15, 0.2) is 24.3 Å². The standard InChI is InChI=1S/C17H24ClN3O3/c1-20(10-16(23)19-15-7-3-2-6-14(15)18)17(24)11-21-8-4-5-13(9-21)12-22/h2-3,6-7,13,22H,4-5,8-12H2,1H3,(H,19,23)/t13-/m0/s1. The van der Waals surface area contributed by atoms with Crippen molar-refractivity contribution < 1.29 is 14.7 Å². The number of hydrogen-bond donors (Lipinski definition) is 2. The highest BCUT2D eigenvalue weighted by atomic mass is 35.5. The summed E-state index contributed by atoms with van der Waals surface area (Å²) in [6, 6.07) is 6.97. The molecule has 2 amide bonds. The monoisotopic (exact) mass is 353 g/mol. The molecule has 2 N–H and O–H groups in total. The number of benzene rings is 1. The molecule has 6 nitrogen and oxygen atoms in total. The Kier molecular flexibility index (Phi) is 7.02. The lowest BCUT2D eigenvalue weighted by molar-refractivity contribution is -0.134. The van der Waals surface area contributed by atoms with E-state index in [1.165, 1.54) is 4.90 Å². The maximum Gasteiger partial charge on any atom is 0.244 e. The van der Waals surface area contributed by atoms with Crippen molar-refractivity contribution in [3.05, 3.63) is 29.3 Å². The molecule has 1 atom stereocenters. The van der Waals surface area contributed by atoms with E-state index in [1.807, 2.05) is 4.90 Å². The summed E-state index contributed by atoms with van der Waals surface area (Å²) in [7, 11) is 1.61. The Morgan fingerprint density at radius 1 is 1.42 bits per heavy atom. The van der Waals surface area contributed by atoms with E-state index in [9.17, 15) is 14.7 Å². The van der Waals surface area contributed by atoms with Crippen LogP contribution >= 0.6 is 11.6 Å². The molecule has 0 saturated carbocycles. The zero-order valence-corrected chi connectivity index (χ0v) is 14.6. The van der Waals surface area contributed by atoms with Gasteiger partial charge < -0.3 is 15.3 Å². The molecule has 2 rings (SSSR count). The number of para-hydroxylation sites is 1. The van der Waals surface area contributed by atoms with Gasteiger partial charge in [-0.3, -0.25) is 14.5 Å². The second-order valence-electron chi connectivity index (χ2n) is 6.20. The first kappa shape index (κ1) is 18.7. The third-order valence-electron chi connectivity index (χ3n) is 4.17. The molecule has 0 aliphatic carbocycles. The molecule has 1 fully saturated rings. The Balaban J connectivity index is 1.80. The fourth-order valence-electron chi connectivity index (χ4n) is 2.81. The number of rotatable bonds is 6. The normalized spacial score (nSPS) is 18.2. The first-order valence-corrected chi connectivity index (χ1v) is 8.49. The molecular formula is C17H24ClN3O3. The average molecular weight is 354 g/mol. The minimum Gasteiger partial charge on any atom is -0.396 e. The minimum atomic E-state index is -0.286. The summed E-state index contributed by atoms with van der Waals surface area (Å²) in [6.07, 6.45) is 1.98. The number of amides is 2. The van der Waals surface area contributed by atoms with Crippen LogP contribution in [0, 0.1) is 5.92 Å².